The van der Waals surface area contributed by atoms with E-state index in [0.29, 0.717) is 5.69 Å². The highest BCUT2D eigenvalue weighted by Crippen LogP contribution is 2.19. The molecule has 132 valence electrons. The number of nitrogens with zero attached hydrogens (tertiary/aromatic N) is 1. The van der Waals surface area contributed by atoms with Gasteiger partial charge in [-0.2, -0.15) is 0 Å². The van der Waals surface area contributed by atoms with Crippen LogP contribution in [0.4, 0.5) is 16.2 Å². The van der Waals surface area contributed by atoms with Crippen molar-refractivity contribution < 1.29 is 9.59 Å². The fourth-order valence-electron chi connectivity index (χ4n) is 2.96. The van der Waals surface area contributed by atoms with Crippen molar-refractivity contribution in [3.8, 4) is 0 Å². The summed E-state index contributed by atoms with van der Waals surface area (Å²) in [6, 6.07) is 6.99. The van der Waals surface area contributed by atoms with E-state index in [-0.39, 0.29) is 24.0 Å². The molecule has 0 unspecified atom stereocenters. The number of urea groups is 1. The van der Waals surface area contributed by atoms with Crippen molar-refractivity contribution >= 4 is 23.3 Å². The van der Waals surface area contributed by atoms with Crippen molar-refractivity contribution in [3.63, 3.8) is 0 Å². The van der Waals surface area contributed by atoms with Crippen LogP contribution in [0.15, 0.2) is 24.3 Å². The van der Waals surface area contributed by atoms with Crippen molar-refractivity contribution in [3.05, 3.63) is 24.3 Å². The first-order valence-corrected chi connectivity index (χ1v) is 8.72. The maximum absolute atomic E-state index is 12.5. The number of hydrogen-bond donors (Lipinski definition) is 3. The van der Waals surface area contributed by atoms with Crippen molar-refractivity contribution in [1.82, 2.24) is 10.2 Å². The Labute approximate surface area is 144 Å². The number of rotatable bonds is 5. The molecule has 6 heteroatoms. The minimum Gasteiger partial charge on any atom is -0.336 e. The van der Waals surface area contributed by atoms with Crippen molar-refractivity contribution in [1.29, 1.82) is 0 Å². The molecule has 1 fully saturated rings. The molecular formula is C18H28N4O2. The molecule has 1 saturated heterocycles. The smallest absolute Gasteiger partial charge is 0.319 e. The second-order valence-corrected chi connectivity index (χ2v) is 6.46. The molecule has 0 saturated carbocycles. The summed E-state index contributed by atoms with van der Waals surface area (Å²) in [6.07, 6.45) is 3.17. The van der Waals surface area contributed by atoms with Crippen molar-refractivity contribution in [2.45, 2.75) is 52.1 Å². The van der Waals surface area contributed by atoms with Gasteiger partial charge in [0.05, 0.1) is 6.04 Å². The van der Waals surface area contributed by atoms with Crippen LogP contribution < -0.4 is 16.0 Å². The number of piperidine rings is 1. The van der Waals surface area contributed by atoms with Gasteiger partial charge in [0.25, 0.3) is 0 Å². The maximum atomic E-state index is 12.5. The highest BCUT2D eigenvalue weighted by molar-refractivity contribution is 5.95. The Morgan fingerprint density at radius 3 is 2.33 bits per heavy atom. The van der Waals surface area contributed by atoms with E-state index in [2.05, 4.69) is 27.8 Å². The predicted molar refractivity (Wildman–Crippen MR) is 97.2 cm³/mol. The van der Waals surface area contributed by atoms with Gasteiger partial charge in [0.1, 0.15) is 0 Å². The number of anilines is 2. The maximum Gasteiger partial charge on any atom is 0.319 e. The van der Waals surface area contributed by atoms with Gasteiger partial charge in [-0.25, -0.2) is 4.79 Å². The first kappa shape index (κ1) is 18.3. The van der Waals surface area contributed by atoms with Crippen LogP contribution in [0.25, 0.3) is 0 Å². The lowest BCUT2D eigenvalue weighted by molar-refractivity contribution is -0.122. The molecule has 3 amide bonds. The Morgan fingerprint density at radius 1 is 1.12 bits per heavy atom. The average Bonchev–Trinajstić information content (AvgIpc) is 2.55. The highest BCUT2D eigenvalue weighted by Gasteiger charge is 2.27. The van der Waals surface area contributed by atoms with Gasteiger partial charge in [-0.05, 0) is 64.0 Å². The van der Waals surface area contributed by atoms with Gasteiger partial charge in [-0.1, -0.05) is 13.3 Å². The summed E-state index contributed by atoms with van der Waals surface area (Å²) >= 11 is 0. The van der Waals surface area contributed by atoms with Gasteiger partial charge < -0.3 is 16.0 Å². The zero-order valence-corrected chi connectivity index (χ0v) is 14.8. The van der Waals surface area contributed by atoms with Crippen LogP contribution in [-0.4, -0.2) is 42.0 Å². The molecule has 0 spiro atoms. The summed E-state index contributed by atoms with van der Waals surface area (Å²) in [6.45, 7) is 7.79. The van der Waals surface area contributed by atoms with Gasteiger partial charge in [0.15, 0.2) is 0 Å². The Kier molecular flexibility index (Phi) is 6.61. The molecule has 0 radical (unpaired) electrons. The molecule has 0 aromatic heterocycles. The summed E-state index contributed by atoms with van der Waals surface area (Å²) in [5, 5.41) is 8.51. The molecule has 24 heavy (non-hydrogen) atoms. The summed E-state index contributed by atoms with van der Waals surface area (Å²) < 4.78 is 0. The van der Waals surface area contributed by atoms with Crippen molar-refractivity contribution in [2.75, 3.05) is 23.7 Å². The molecule has 2 rings (SSSR count). The van der Waals surface area contributed by atoms with E-state index in [4.69, 9.17) is 0 Å². The lowest BCUT2D eigenvalue weighted by Gasteiger charge is -2.33. The molecule has 1 aliphatic rings. The third-order valence-corrected chi connectivity index (χ3v) is 4.15. The standard InChI is InChI=1S/C18H28N4O2/c1-4-22-12-6-5-7-16(22)17(23)20-14-8-10-15(11-9-14)21-18(24)19-13(2)3/h8-11,13,16H,4-7,12H2,1-3H3,(H,20,23)(H2,19,21,24)/t16-/m1/s1. The van der Waals surface area contributed by atoms with Gasteiger partial charge >= 0.3 is 6.03 Å². The average molecular weight is 332 g/mol. The Morgan fingerprint density at radius 2 is 1.75 bits per heavy atom. The lowest BCUT2D eigenvalue weighted by atomic mass is 10.0. The van der Waals surface area contributed by atoms with Crippen LogP contribution in [0, 0.1) is 0 Å². The minimum absolute atomic E-state index is 0.0432. The summed E-state index contributed by atoms with van der Waals surface area (Å²) in [5.41, 5.74) is 1.44. The minimum atomic E-state index is -0.234. The zero-order valence-electron chi connectivity index (χ0n) is 14.8. The topological polar surface area (TPSA) is 73.5 Å². The molecule has 1 heterocycles. The van der Waals surface area contributed by atoms with Crippen LogP contribution in [0.5, 0.6) is 0 Å². The quantitative estimate of drug-likeness (QED) is 0.776. The zero-order chi connectivity index (χ0) is 17.5. The van der Waals surface area contributed by atoms with E-state index in [9.17, 15) is 9.59 Å². The summed E-state index contributed by atoms with van der Waals surface area (Å²) in [7, 11) is 0. The van der Waals surface area contributed by atoms with Crippen LogP contribution in [-0.2, 0) is 4.79 Å². The largest absolute Gasteiger partial charge is 0.336 e. The first-order chi connectivity index (χ1) is 11.5. The number of hydrogen-bond acceptors (Lipinski definition) is 3. The van der Waals surface area contributed by atoms with Crippen LogP contribution >= 0.6 is 0 Å². The van der Waals surface area contributed by atoms with Gasteiger partial charge in [-0.3, -0.25) is 9.69 Å². The molecule has 3 N–H and O–H groups in total. The second-order valence-electron chi connectivity index (χ2n) is 6.46. The molecule has 0 aliphatic carbocycles. The van der Waals surface area contributed by atoms with Gasteiger partial charge in [-0.15, -0.1) is 0 Å². The van der Waals surface area contributed by atoms with E-state index >= 15 is 0 Å². The molecule has 1 aromatic carbocycles. The predicted octanol–water partition coefficient (Wildman–Crippen LogP) is 3.03. The molecule has 6 nitrogen and oxygen atoms in total. The highest BCUT2D eigenvalue weighted by atomic mass is 16.2. The van der Waals surface area contributed by atoms with Crippen molar-refractivity contribution in [2.24, 2.45) is 0 Å². The number of carbonyl (C=O) groups excluding carboxylic acids is 2. The van der Waals surface area contributed by atoms with Crippen LogP contribution in [0.3, 0.4) is 0 Å². The summed E-state index contributed by atoms with van der Waals surface area (Å²) in [5.74, 6) is 0.0508. The van der Waals surface area contributed by atoms with Gasteiger partial charge in [0, 0.05) is 17.4 Å². The Balaban J connectivity index is 1.91. The number of likely N-dealkylation sites (tertiary alicyclic amines) is 1. The van der Waals surface area contributed by atoms with Crippen LogP contribution in [0.2, 0.25) is 0 Å². The number of carbonyl (C=O) groups is 2. The fraction of sp³-hybridized carbons (Fsp3) is 0.556. The van der Waals surface area contributed by atoms with Crippen LogP contribution in [0.1, 0.15) is 40.0 Å². The third-order valence-electron chi connectivity index (χ3n) is 4.15. The Bertz CT molecular complexity index is 557. The molecular weight excluding hydrogens is 304 g/mol. The number of benzene rings is 1. The van der Waals surface area contributed by atoms with E-state index in [1.54, 1.807) is 12.1 Å². The van der Waals surface area contributed by atoms with E-state index in [1.165, 1.54) is 0 Å². The number of nitrogens with one attached hydrogen (secondary N) is 3. The molecule has 1 atom stereocenters. The number of amides is 3. The van der Waals surface area contributed by atoms with E-state index in [0.717, 1.165) is 38.0 Å². The SMILES string of the molecule is CCN1CCCC[C@@H]1C(=O)Nc1ccc(NC(=O)NC(C)C)cc1. The number of likely N-dealkylation sites (N-methyl/N-ethyl adjacent to an activating group) is 1. The monoisotopic (exact) mass is 332 g/mol. The summed E-state index contributed by atoms with van der Waals surface area (Å²) in [4.78, 5) is 26.4. The normalized spacial score (nSPS) is 18.2. The van der Waals surface area contributed by atoms with E-state index < -0.39 is 0 Å². The first-order valence-electron chi connectivity index (χ1n) is 8.72. The Hall–Kier alpha value is -2.08. The lowest BCUT2D eigenvalue weighted by Crippen LogP contribution is -2.46. The molecule has 0 bridgehead atoms. The van der Waals surface area contributed by atoms with E-state index in [1.807, 2.05) is 26.0 Å². The van der Waals surface area contributed by atoms with Gasteiger partial charge in [0.2, 0.25) is 5.91 Å². The fourth-order valence-corrected chi connectivity index (χ4v) is 2.96. The molecule has 1 aliphatic heterocycles. The second kappa shape index (κ2) is 8.68. The third kappa shape index (κ3) is 5.23. The molecule has 1 aromatic rings.